The van der Waals surface area contributed by atoms with Crippen LogP contribution in [0, 0.1) is 11.8 Å². The Morgan fingerprint density at radius 1 is 1.40 bits per heavy atom. The van der Waals surface area contributed by atoms with Crippen LogP contribution in [0.4, 0.5) is 5.82 Å². The zero-order chi connectivity index (χ0) is 17.8. The summed E-state index contributed by atoms with van der Waals surface area (Å²) in [6, 6.07) is 0. The van der Waals surface area contributed by atoms with Crippen molar-refractivity contribution in [3.05, 3.63) is 6.20 Å². The van der Waals surface area contributed by atoms with Crippen molar-refractivity contribution in [2.24, 2.45) is 11.8 Å². The van der Waals surface area contributed by atoms with Gasteiger partial charge in [-0.2, -0.15) is 5.10 Å². The lowest BCUT2D eigenvalue weighted by molar-refractivity contribution is -0.122. The molecule has 2 heterocycles. The zero-order valence-corrected chi connectivity index (χ0v) is 15.9. The maximum Gasteiger partial charge on any atom is 0.223 e. The summed E-state index contributed by atoms with van der Waals surface area (Å²) in [7, 11) is 0. The highest BCUT2D eigenvalue weighted by molar-refractivity contribution is 7.99. The van der Waals surface area contributed by atoms with Crippen LogP contribution in [0.25, 0.3) is 11.0 Å². The minimum absolute atomic E-state index is 0.160. The molecule has 136 valence electrons. The van der Waals surface area contributed by atoms with E-state index in [2.05, 4.69) is 46.5 Å². The van der Waals surface area contributed by atoms with E-state index in [0.29, 0.717) is 19.0 Å². The van der Waals surface area contributed by atoms with E-state index in [1.165, 1.54) is 0 Å². The standard InChI is InChI=1S/C17H26N6OS/c1-4-25-17-21-14(19-9-11(2)3)13-10-20-23(15(13)22-17)8-7-18-16(24)12-5-6-12/h10-12H,4-9H2,1-3H3,(H,18,24)(H,19,21,22). The Balaban J connectivity index is 1.77. The van der Waals surface area contributed by atoms with Crippen LogP contribution in [0.5, 0.6) is 0 Å². The molecule has 0 spiro atoms. The van der Waals surface area contributed by atoms with Gasteiger partial charge in [-0.05, 0) is 24.5 Å². The molecule has 2 N–H and O–H groups in total. The number of nitrogens with one attached hydrogen (secondary N) is 2. The molecule has 1 amide bonds. The summed E-state index contributed by atoms with van der Waals surface area (Å²) in [6.45, 7) is 8.45. The lowest BCUT2D eigenvalue weighted by Gasteiger charge is -2.11. The molecule has 8 heteroatoms. The van der Waals surface area contributed by atoms with Crippen LogP contribution in [0.15, 0.2) is 11.4 Å². The van der Waals surface area contributed by atoms with Crippen molar-refractivity contribution in [2.75, 3.05) is 24.2 Å². The summed E-state index contributed by atoms with van der Waals surface area (Å²) < 4.78 is 1.85. The number of amides is 1. The highest BCUT2D eigenvalue weighted by atomic mass is 32.2. The van der Waals surface area contributed by atoms with Gasteiger partial charge in [0, 0.05) is 19.0 Å². The fourth-order valence-electron chi connectivity index (χ4n) is 2.50. The Bertz CT molecular complexity index is 740. The number of carbonyl (C=O) groups excluding carboxylic acids is 1. The third-order valence-corrected chi connectivity index (χ3v) is 4.73. The highest BCUT2D eigenvalue weighted by Crippen LogP contribution is 2.28. The normalized spacial score (nSPS) is 14.2. The van der Waals surface area contributed by atoms with Crippen molar-refractivity contribution in [3.8, 4) is 0 Å². The number of carbonyl (C=O) groups is 1. The van der Waals surface area contributed by atoms with Crippen molar-refractivity contribution >= 4 is 34.5 Å². The fourth-order valence-corrected chi connectivity index (χ4v) is 3.07. The van der Waals surface area contributed by atoms with Gasteiger partial charge in [0.25, 0.3) is 0 Å². The molecule has 0 bridgehead atoms. The van der Waals surface area contributed by atoms with Crippen molar-refractivity contribution in [2.45, 2.75) is 45.3 Å². The number of hydrogen-bond donors (Lipinski definition) is 2. The predicted molar refractivity (Wildman–Crippen MR) is 101 cm³/mol. The van der Waals surface area contributed by atoms with Crippen molar-refractivity contribution < 1.29 is 4.79 Å². The van der Waals surface area contributed by atoms with Gasteiger partial charge in [0.05, 0.1) is 18.1 Å². The van der Waals surface area contributed by atoms with Crippen LogP contribution >= 0.6 is 11.8 Å². The predicted octanol–water partition coefficient (Wildman–Crippen LogP) is 2.53. The van der Waals surface area contributed by atoms with Gasteiger partial charge in [-0.15, -0.1) is 0 Å². The maximum atomic E-state index is 11.8. The second-order valence-corrected chi connectivity index (χ2v) is 7.96. The Hall–Kier alpha value is -1.83. The molecule has 1 aliphatic carbocycles. The average molecular weight is 363 g/mol. The molecule has 0 atom stereocenters. The monoisotopic (exact) mass is 362 g/mol. The summed E-state index contributed by atoms with van der Waals surface area (Å²) >= 11 is 1.62. The third-order valence-electron chi connectivity index (χ3n) is 4.00. The second kappa shape index (κ2) is 8.03. The number of fused-ring (bicyclic) bond motifs is 1. The number of rotatable bonds is 9. The molecule has 7 nitrogen and oxygen atoms in total. The van der Waals surface area contributed by atoms with E-state index < -0.39 is 0 Å². The van der Waals surface area contributed by atoms with E-state index >= 15 is 0 Å². The van der Waals surface area contributed by atoms with Crippen molar-refractivity contribution in [3.63, 3.8) is 0 Å². The van der Waals surface area contributed by atoms with Crippen LogP contribution in [0.2, 0.25) is 0 Å². The summed E-state index contributed by atoms with van der Waals surface area (Å²) in [6.07, 6.45) is 3.85. The Morgan fingerprint density at radius 2 is 2.20 bits per heavy atom. The van der Waals surface area contributed by atoms with Gasteiger partial charge in [-0.25, -0.2) is 14.6 Å². The Labute approximate surface area is 152 Å². The molecule has 0 unspecified atom stereocenters. The third kappa shape index (κ3) is 4.62. The minimum atomic E-state index is 0.160. The smallest absolute Gasteiger partial charge is 0.223 e. The first-order chi connectivity index (χ1) is 12.1. The molecule has 0 saturated heterocycles. The summed E-state index contributed by atoms with van der Waals surface area (Å²) in [4.78, 5) is 21.1. The molecule has 1 aliphatic rings. The Kier molecular flexibility index (Phi) is 5.78. The van der Waals surface area contributed by atoms with E-state index in [4.69, 9.17) is 0 Å². The number of thioether (sulfide) groups is 1. The van der Waals surface area contributed by atoms with E-state index in [9.17, 15) is 4.79 Å². The number of nitrogens with zero attached hydrogens (tertiary/aromatic N) is 4. The second-order valence-electron chi connectivity index (χ2n) is 6.73. The molecule has 2 aromatic heterocycles. The fraction of sp³-hybridized carbons (Fsp3) is 0.647. The lowest BCUT2D eigenvalue weighted by Crippen LogP contribution is -2.28. The first kappa shape index (κ1) is 18.0. The molecule has 0 aliphatic heterocycles. The van der Waals surface area contributed by atoms with Crippen molar-refractivity contribution in [1.82, 2.24) is 25.1 Å². The summed E-state index contributed by atoms with van der Waals surface area (Å²) in [5, 5.41) is 12.5. The van der Waals surface area contributed by atoms with Crippen LogP contribution < -0.4 is 10.6 Å². The van der Waals surface area contributed by atoms with E-state index in [0.717, 1.165) is 47.1 Å². The molecular weight excluding hydrogens is 336 g/mol. The lowest BCUT2D eigenvalue weighted by atomic mass is 10.2. The average Bonchev–Trinajstić information content (AvgIpc) is 3.35. The number of hydrogen-bond acceptors (Lipinski definition) is 6. The molecule has 3 rings (SSSR count). The van der Waals surface area contributed by atoms with E-state index in [-0.39, 0.29) is 11.8 Å². The summed E-state index contributed by atoms with van der Waals surface area (Å²) in [5.41, 5.74) is 0.817. The van der Waals surface area contributed by atoms with Crippen LogP contribution in [0.3, 0.4) is 0 Å². The topological polar surface area (TPSA) is 84.7 Å². The van der Waals surface area contributed by atoms with Gasteiger partial charge >= 0.3 is 0 Å². The number of aromatic nitrogens is 4. The molecule has 1 saturated carbocycles. The molecule has 1 fully saturated rings. The van der Waals surface area contributed by atoms with Gasteiger partial charge in [0.1, 0.15) is 5.82 Å². The zero-order valence-electron chi connectivity index (χ0n) is 15.1. The van der Waals surface area contributed by atoms with Gasteiger partial charge in [-0.3, -0.25) is 4.79 Å². The van der Waals surface area contributed by atoms with Crippen LogP contribution in [0.1, 0.15) is 33.6 Å². The van der Waals surface area contributed by atoms with Crippen LogP contribution in [-0.4, -0.2) is 44.5 Å². The minimum Gasteiger partial charge on any atom is -0.369 e. The summed E-state index contributed by atoms with van der Waals surface area (Å²) in [5.74, 6) is 2.67. The van der Waals surface area contributed by atoms with Gasteiger partial charge in [0.15, 0.2) is 10.8 Å². The maximum absolute atomic E-state index is 11.8. The molecular formula is C17H26N6OS. The van der Waals surface area contributed by atoms with Crippen molar-refractivity contribution in [1.29, 1.82) is 0 Å². The molecule has 0 radical (unpaired) electrons. The van der Waals surface area contributed by atoms with E-state index in [1.807, 2.05) is 4.68 Å². The highest BCUT2D eigenvalue weighted by Gasteiger charge is 2.29. The molecule has 2 aromatic rings. The number of anilines is 1. The van der Waals surface area contributed by atoms with Gasteiger partial charge < -0.3 is 10.6 Å². The van der Waals surface area contributed by atoms with Gasteiger partial charge in [0.2, 0.25) is 5.91 Å². The first-order valence-electron chi connectivity index (χ1n) is 8.96. The van der Waals surface area contributed by atoms with Crippen LogP contribution in [-0.2, 0) is 11.3 Å². The molecule has 0 aromatic carbocycles. The first-order valence-corrected chi connectivity index (χ1v) is 9.95. The largest absolute Gasteiger partial charge is 0.369 e. The molecule has 25 heavy (non-hydrogen) atoms. The quantitative estimate of drug-likeness (QED) is 0.527. The SMILES string of the molecule is CCSc1nc(NCC(C)C)c2cnn(CCNC(=O)C3CC3)c2n1. The van der Waals surface area contributed by atoms with Gasteiger partial charge in [-0.1, -0.05) is 32.5 Å². The Morgan fingerprint density at radius 3 is 2.88 bits per heavy atom. The van der Waals surface area contributed by atoms with E-state index in [1.54, 1.807) is 18.0 Å².